The first-order valence-electron chi connectivity index (χ1n) is 6.36. The van der Waals surface area contributed by atoms with Gasteiger partial charge in [-0.3, -0.25) is 14.6 Å². The van der Waals surface area contributed by atoms with Gasteiger partial charge in [0.25, 0.3) is 0 Å². The number of hydrogen-bond acceptors (Lipinski definition) is 4. The summed E-state index contributed by atoms with van der Waals surface area (Å²) in [5, 5.41) is 7.29. The van der Waals surface area contributed by atoms with Crippen molar-refractivity contribution in [3.63, 3.8) is 0 Å². The molecule has 1 saturated heterocycles. The van der Waals surface area contributed by atoms with E-state index in [2.05, 4.69) is 27.2 Å². The van der Waals surface area contributed by atoms with Crippen molar-refractivity contribution in [3.8, 4) is 5.69 Å². The molecule has 0 radical (unpaired) electrons. The number of nitrogens with zero attached hydrogens (tertiary/aromatic N) is 3. The first-order valence-corrected chi connectivity index (χ1v) is 7.93. The van der Waals surface area contributed by atoms with Gasteiger partial charge in [-0.2, -0.15) is 16.9 Å². The number of aromatic amines is 1. The lowest BCUT2D eigenvalue weighted by Gasteiger charge is -2.25. The minimum absolute atomic E-state index is 0.660. The zero-order chi connectivity index (χ0) is 13.1. The van der Waals surface area contributed by atoms with E-state index in [4.69, 9.17) is 12.2 Å². The van der Waals surface area contributed by atoms with Crippen molar-refractivity contribution in [1.29, 1.82) is 0 Å². The molecule has 19 heavy (non-hydrogen) atoms. The number of thioether (sulfide) groups is 1. The van der Waals surface area contributed by atoms with E-state index >= 15 is 0 Å². The maximum Gasteiger partial charge on any atom is 0.199 e. The lowest BCUT2D eigenvalue weighted by Crippen LogP contribution is -2.33. The number of hydrogen-bond donors (Lipinski definition) is 1. The van der Waals surface area contributed by atoms with Crippen molar-refractivity contribution in [1.82, 2.24) is 19.7 Å². The van der Waals surface area contributed by atoms with Gasteiger partial charge in [-0.05, 0) is 24.4 Å². The van der Waals surface area contributed by atoms with Gasteiger partial charge in [0.2, 0.25) is 0 Å². The van der Waals surface area contributed by atoms with Crippen LogP contribution >= 0.6 is 24.0 Å². The predicted molar refractivity (Wildman–Crippen MR) is 81.4 cm³/mol. The SMILES string of the molecule is S=c1[nH]nc(CN2CCSCC2)n1-c1ccccc1. The molecular formula is C13H16N4S2. The molecule has 6 heteroatoms. The average molecular weight is 292 g/mol. The highest BCUT2D eigenvalue weighted by Crippen LogP contribution is 2.15. The molecule has 0 atom stereocenters. The zero-order valence-corrected chi connectivity index (χ0v) is 12.2. The molecule has 0 unspecified atom stereocenters. The van der Waals surface area contributed by atoms with Crippen LogP contribution in [0.2, 0.25) is 0 Å². The van der Waals surface area contributed by atoms with Crippen molar-refractivity contribution >= 4 is 24.0 Å². The minimum Gasteiger partial charge on any atom is -0.294 e. The third kappa shape index (κ3) is 2.91. The van der Waals surface area contributed by atoms with Crippen LogP contribution in [-0.2, 0) is 6.54 Å². The van der Waals surface area contributed by atoms with E-state index in [0.717, 1.165) is 31.1 Å². The zero-order valence-electron chi connectivity index (χ0n) is 10.6. The molecule has 1 N–H and O–H groups in total. The van der Waals surface area contributed by atoms with Crippen molar-refractivity contribution < 1.29 is 0 Å². The Bertz CT molecular complexity index is 584. The van der Waals surface area contributed by atoms with Crippen molar-refractivity contribution in [2.45, 2.75) is 6.54 Å². The molecule has 4 nitrogen and oxygen atoms in total. The molecule has 1 aromatic carbocycles. The van der Waals surface area contributed by atoms with Gasteiger partial charge in [-0.15, -0.1) is 0 Å². The first kappa shape index (κ1) is 12.9. The topological polar surface area (TPSA) is 36.9 Å². The van der Waals surface area contributed by atoms with E-state index in [1.165, 1.54) is 11.5 Å². The van der Waals surface area contributed by atoms with Gasteiger partial charge in [0.15, 0.2) is 4.77 Å². The molecule has 1 aliphatic heterocycles. The highest BCUT2D eigenvalue weighted by Gasteiger charge is 2.15. The van der Waals surface area contributed by atoms with E-state index in [1.54, 1.807) is 0 Å². The van der Waals surface area contributed by atoms with Gasteiger partial charge in [0.1, 0.15) is 5.82 Å². The molecule has 0 spiro atoms. The summed E-state index contributed by atoms with van der Waals surface area (Å²) in [6.07, 6.45) is 0. The molecular weight excluding hydrogens is 276 g/mol. The Morgan fingerprint density at radius 1 is 1.21 bits per heavy atom. The van der Waals surface area contributed by atoms with Crippen LogP contribution in [0.3, 0.4) is 0 Å². The van der Waals surface area contributed by atoms with Crippen LogP contribution in [-0.4, -0.2) is 44.3 Å². The second-order valence-corrected chi connectivity index (χ2v) is 6.12. The third-order valence-electron chi connectivity index (χ3n) is 3.22. The quantitative estimate of drug-likeness (QED) is 0.882. The van der Waals surface area contributed by atoms with E-state index in [1.807, 2.05) is 34.5 Å². The largest absolute Gasteiger partial charge is 0.294 e. The normalized spacial score (nSPS) is 16.6. The fraction of sp³-hybridized carbons (Fsp3) is 0.385. The van der Waals surface area contributed by atoms with Gasteiger partial charge in [0.05, 0.1) is 6.54 Å². The van der Waals surface area contributed by atoms with Crippen LogP contribution in [0.1, 0.15) is 5.82 Å². The minimum atomic E-state index is 0.660. The highest BCUT2D eigenvalue weighted by atomic mass is 32.2. The third-order valence-corrected chi connectivity index (χ3v) is 4.44. The molecule has 0 amide bonds. The van der Waals surface area contributed by atoms with E-state index in [0.29, 0.717) is 4.77 Å². The van der Waals surface area contributed by atoms with Gasteiger partial charge in [-0.25, -0.2) is 0 Å². The summed E-state index contributed by atoms with van der Waals surface area (Å²) in [6, 6.07) is 10.2. The molecule has 0 aliphatic carbocycles. The van der Waals surface area contributed by atoms with Crippen molar-refractivity contribution in [2.75, 3.05) is 24.6 Å². The van der Waals surface area contributed by atoms with E-state index in [-0.39, 0.29) is 0 Å². The molecule has 100 valence electrons. The predicted octanol–water partition coefficient (Wildman–Crippen LogP) is 2.48. The second kappa shape index (κ2) is 5.90. The maximum absolute atomic E-state index is 5.34. The van der Waals surface area contributed by atoms with Crippen LogP contribution in [0.25, 0.3) is 5.69 Å². The number of aromatic nitrogens is 3. The summed E-state index contributed by atoms with van der Waals surface area (Å²) in [6.45, 7) is 3.10. The molecule has 1 aromatic heterocycles. The molecule has 0 bridgehead atoms. The summed E-state index contributed by atoms with van der Waals surface area (Å²) >= 11 is 7.36. The van der Waals surface area contributed by atoms with Crippen LogP contribution in [0, 0.1) is 4.77 Å². The standard InChI is InChI=1S/C13H16N4S2/c18-13-15-14-12(10-16-6-8-19-9-7-16)17(13)11-4-2-1-3-5-11/h1-5H,6-10H2,(H,15,18). The first-order chi connectivity index (χ1) is 9.34. The number of H-pyrrole nitrogens is 1. The van der Waals surface area contributed by atoms with E-state index < -0.39 is 0 Å². The van der Waals surface area contributed by atoms with Crippen LogP contribution in [0.4, 0.5) is 0 Å². The molecule has 2 aromatic rings. The summed E-state index contributed by atoms with van der Waals surface area (Å²) in [7, 11) is 0. The Morgan fingerprint density at radius 3 is 2.68 bits per heavy atom. The Labute approximate surface area is 121 Å². The lowest BCUT2D eigenvalue weighted by atomic mass is 10.3. The summed E-state index contributed by atoms with van der Waals surface area (Å²) in [5.74, 6) is 3.40. The summed E-state index contributed by atoms with van der Waals surface area (Å²) in [5.41, 5.74) is 1.07. The Morgan fingerprint density at radius 2 is 1.95 bits per heavy atom. The molecule has 2 heterocycles. The van der Waals surface area contributed by atoms with Crippen molar-refractivity contribution in [3.05, 3.63) is 40.9 Å². The Balaban J connectivity index is 1.88. The molecule has 1 aliphatic rings. The number of rotatable bonds is 3. The number of nitrogens with one attached hydrogen (secondary N) is 1. The number of para-hydroxylation sites is 1. The Hall–Kier alpha value is -1.11. The maximum atomic E-state index is 5.34. The Kier molecular flexibility index (Phi) is 4.00. The highest BCUT2D eigenvalue weighted by molar-refractivity contribution is 7.99. The molecule has 3 rings (SSSR count). The summed E-state index contributed by atoms with van der Waals surface area (Å²) < 4.78 is 2.68. The van der Waals surface area contributed by atoms with Gasteiger partial charge in [0, 0.05) is 30.3 Å². The van der Waals surface area contributed by atoms with Crippen molar-refractivity contribution in [2.24, 2.45) is 0 Å². The molecule has 0 saturated carbocycles. The fourth-order valence-electron chi connectivity index (χ4n) is 2.24. The second-order valence-electron chi connectivity index (χ2n) is 4.50. The van der Waals surface area contributed by atoms with Gasteiger partial charge in [-0.1, -0.05) is 18.2 Å². The van der Waals surface area contributed by atoms with Gasteiger partial charge < -0.3 is 0 Å². The van der Waals surface area contributed by atoms with Crippen LogP contribution in [0.5, 0.6) is 0 Å². The van der Waals surface area contributed by atoms with E-state index in [9.17, 15) is 0 Å². The fourth-order valence-corrected chi connectivity index (χ4v) is 3.47. The lowest BCUT2D eigenvalue weighted by molar-refractivity contribution is 0.285. The smallest absolute Gasteiger partial charge is 0.199 e. The van der Waals surface area contributed by atoms with Gasteiger partial charge >= 0.3 is 0 Å². The van der Waals surface area contributed by atoms with Crippen LogP contribution < -0.4 is 0 Å². The summed E-state index contributed by atoms with van der Waals surface area (Å²) in [4.78, 5) is 2.43. The monoisotopic (exact) mass is 292 g/mol. The number of benzene rings is 1. The molecule has 1 fully saturated rings. The van der Waals surface area contributed by atoms with Crippen LogP contribution in [0.15, 0.2) is 30.3 Å². The average Bonchev–Trinajstić information content (AvgIpc) is 2.82.